The molecule has 0 spiro atoms. The summed E-state index contributed by atoms with van der Waals surface area (Å²) in [6.45, 7) is 1.65. The number of ether oxygens (including phenoxy) is 1. The topological polar surface area (TPSA) is 120 Å². The number of aromatic nitrogens is 1. The number of hydrogen-bond donors (Lipinski definition) is 2. The summed E-state index contributed by atoms with van der Waals surface area (Å²) >= 11 is 0. The molecule has 0 aliphatic carbocycles. The minimum Gasteiger partial charge on any atom is -0.452 e. The summed E-state index contributed by atoms with van der Waals surface area (Å²) in [5, 5.41) is 4.67. The highest BCUT2D eigenvalue weighted by molar-refractivity contribution is 5.97. The average molecular weight is 411 g/mol. The predicted molar refractivity (Wildman–Crippen MR) is 107 cm³/mol. The third-order valence-corrected chi connectivity index (χ3v) is 4.32. The number of aryl methyl sites for hydroxylation is 1. The molecule has 3 rings (SSSR count). The van der Waals surface area contributed by atoms with Crippen LogP contribution in [0, 0.1) is 0 Å². The largest absolute Gasteiger partial charge is 0.452 e. The van der Waals surface area contributed by atoms with Crippen molar-refractivity contribution in [3.8, 4) is 0 Å². The molecule has 0 saturated heterocycles. The highest BCUT2D eigenvalue weighted by Gasteiger charge is 2.20. The van der Waals surface area contributed by atoms with Gasteiger partial charge in [-0.3, -0.25) is 19.5 Å². The SMILES string of the molecule is C[C@H](OC(=O)CCn1c(=O)oc2ccccc21)C(=O)NC(=O)NCc1ccccc1. The van der Waals surface area contributed by atoms with Crippen LogP contribution in [-0.4, -0.2) is 28.6 Å². The highest BCUT2D eigenvalue weighted by Crippen LogP contribution is 2.12. The Hall–Kier alpha value is -3.88. The van der Waals surface area contributed by atoms with E-state index in [-0.39, 0.29) is 19.5 Å². The van der Waals surface area contributed by atoms with Gasteiger partial charge in [0, 0.05) is 13.1 Å². The Balaban J connectivity index is 1.45. The molecule has 3 amide bonds. The zero-order chi connectivity index (χ0) is 21.5. The van der Waals surface area contributed by atoms with Crippen molar-refractivity contribution < 1.29 is 23.5 Å². The molecule has 0 aliphatic heterocycles. The molecule has 2 aromatic carbocycles. The van der Waals surface area contributed by atoms with Gasteiger partial charge in [-0.05, 0) is 24.6 Å². The van der Waals surface area contributed by atoms with E-state index >= 15 is 0 Å². The normalized spacial score (nSPS) is 11.6. The third-order valence-electron chi connectivity index (χ3n) is 4.32. The van der Waals surface area contributed by atoms with Gasteiger partial charge in [-0.15, -0.1) is 0 Å². The Labute approximate surface area is 171 Å². The number of benzene rings is 2. The maximum Gasteiger partial charge on any atom is 0.419 e. The van der Waals surface area contributed by atoms with E-state index < -0.39 is 29.8 Å². The number of carbonyl (C=O) groups excluding carboxylic acids is 3. The smallest absolute Gasteiger partial charge is 0.419 e. The van der Waals surface area contributed by atoms with Gasteiger partial charge in [0.05, 0.1) is 11.9 Å². The molecule has 0 radical (unpaired) electrons. The van der Waals surface area contributed by atoms with E-state index in [1.807, 2.05) is 30.3 Å². The van der Waals surface area contributed by atoms with Crippen LogP contribution in [0.5, 0.6) is 0 Å². The van der Waals surface area contributed by atoms with Crippen molar-refractivity contribution in [2.45, 2.75) is 32.5 Å². The molecule has 0 unspecified atom stereocenters. The molecular formula is C21H21N3O6. The van der Waals surface area contributed by atoms with Crippen molar-refractivity contribution in [1.29, 1.82) is 0 Å². The molecule has 0 bridgehead atoms. The van der Waals surface area contributed by atoms with Crippen LogP contribution in [0.15, 0.2) is 63.8 Å². The summed E-state index contributed by atoms with van der Waals surface area (Å²) in [5.74, 6) is -2.01. The number of carbonyl (C=O) groups is 3. The van der Waals surface area contributed by atoms with Gasteiger partial charge in [0.1, 0.15) is 0 Å². The number of para-hydroxylation sites is 2. The van der Waals surface area contributed by atoms with Crippen molar-refractivity contribution in [3.63, 3.8) is 0 Å². The fourth-order valence-electron chi connectivity index (χ4n) is 2.77. The van der Waals surface area contributed by atoms with Gasteiger partial charge in [-0.2, -0.15) is 0 Å². The van der Waals surface area contributed by atoms with Gasteiger partial charge in [0.2, 0.25) is 0 Å². The molecule has 30 heavy (non-hydrogen) atoms. The van der Waals surface area contributed by atoms with E-state index in [0.29, 0.717) is 11.1 Å². The van der Waals surface area contributed by atoms with Crippen LogP contribution in [0.3, 0.4) is 0 Å². The lowest BCUT2D eigenvalue weighted by Gasteiger charge is -2.13. The first kappa shape index (κ1) is 20.8. The Morgan fingerprint density at radius 2 is 1.77 bits per heavy atom. The van der Waals surface area contributed by atoms with E-state index in [1.165, 1.54) is 11.5 Å². The number of imide groups is 1. The average Bonchev–Trinajstić information content (AvgIpc) is 3.06. The monoisotopic (exact) mass is 411 g/mol. The van der Waals surface area contributed by atoms with Crippen molar-refractivity contribution in [3.05, 3.63) is 70.7 Å². The first-order valence-corrected chi connectivity index (χ1v) is 9.34. The standard InChI is InChI=1S/C21H21N3O6/c1-14(19(26)23-20(27)22-13-15-7-3-2-4-8-15)29-18(25)11-12-24-16-9-5-6-10-17(16)30-21(24)28/h2-10,14H,11-13H2,1H3,(H2,22,23,26,27)/t14-/m0/s1. The number of oxazole rings is 1. The minimum absolute atomic E-state index is 0.0422. The van der Waals surface area contributed by atoms with Gasteiger partial charge >= 0.3 is 17.8 Å². The van der Waals surface area contributed by atoms with E-state index in [9.17, 15) is 19.2 Å². The summed E-state index contributed by atoms with van der Waals surface area (Å²) in [5.41, 5.74) is 1.86. The number of nitrogens with zero attached hydrogens (tertiary/aromatic N) is 1. The van der Waals surface area contributed by atoms with E-state index in [0.717, 1.165) is 5.56 Å². The van der Waals surface area contributed by atoms with Crippen LogP contribution < -0.4 is 16.4 Å². The number of esters is 1. The molecule has 1 aromatic heterocycles. The van der Waals surface area contributed by atoms with Gasteiger partial charge in [-0.1, -0.05) is 42.5 Å². The lowest BCUT2D eigenvalue weighted by Crippen LogP contribution is -2.44. The van der Waals surface area contributed by atoms with Gasteiger partial charge in [-0.25, -0.2) is 9.59 Å². The van der Waals surface area contributed by atoms with Gasteiger partial charge < -0.3 is 14.5 Å². The number of urea groups is 1. The zero-order valence-electron chi connectivity index (χ0n) is 16.3. The molecule has 2 N–H and O–H groups in total. The Morgan fingerprint density at radius 3 is 2.53 bits per heavy atom. The maximum absolute atomic E-state index is 12.0. The highest BCUT2D eigenvalue weighted by atomic mass is 16.5. The quantitative estimate of drug-likeness (QED) is 0.574. The number of rotatable bonds is 7. The molecule has 1 atom stereocenters. The summed E-state index contributed by atoms with van der Waals surface area (Å²) in [7, 11) is 0. The van der Waals surface area contributed by atoms with Gasteiger partial charge in [0.25, 0.3) is 5.91 Å². The van der Waals surface area contributed by atoms with Crippen LogP contribution in [0.4, 0.5) is 4.79 Å². The summed E-state index contributed by atoms with van der Waals surface area (Å²) in [6, 6.07) is 15.3. The van der Waals surface area contributed by atoms with Crippen molar-refractivity contribution in [2.75, 3.05) is 0 Å². The lowest BCUT2D eigenvalue weighted by molar-refractivity contribution is -0.154. The van der Waals surface area contributed by atoms with Crippen LogP contribution in [0.1, 0.15) is 18.9 Å². The molecule has 1 heterocycles. The van der Waals surface area contributed by atoms with Crippen molar-refractivity contribution in [2.24, 2.45) is 0 Å². The Morgan fingerprint density at radius 1 is 1.07 bits per heavy atom. The number of amides is 3. The molecule has 3 aromatic rings. The van der Waals surface area contributed by atoms with Crippen molar-refractivity contribution in [1.82, 2.24) is 15.2 Å². The van der Waals surface area contributed by atoms with Crippen molar-refractivity contribution >= 4 is 29.0 Å². The summed E-state index contributed by atoms with van der Waals surface area (Å²) in [4.78, 5) is 47.8. The Kier molecular flexibility index (Phi) is 6.63. The van der Waals surface area contributed by atoms with Crippen LogP contribution >= 0.6 is 0 Å². The maximum atomic E-state index is 12.0. The number of fused-ring (bicyclic) bond motifs is 1. The second-order valence-electron chi connectivity index (χ2n) is 6.53. The van der Waals surface area contributed by atoms with E-state index in [1.54, 1.807) is 24.3 Å². The van der Waals surface area contributed by atoms with Crippen LogP contribution in [0.2, 0.25) is 0 Å². The first-order valence-electron chi connectivity index (χ1n) is 9.34. The van der Waals surface area contributed by atoms with Crippen LogP contribution in [-0.2, 0) is 27.4 Å². The van der Waals surface area contributed by atoms with E-state index in [2.05, 4.69) is 10.6 Å². The molecular weight excluding hydrogens is 390 g/mol. The zero-order valence-corrected chi connectivity index (χ0v) is 16.3. The van der Waals surface area contributed by atoms with Gasteiger partial charge in [0.15, 0.2) is 11.7 Å². The minimum atomic E-state index is -1.17. The third kappa shape index (κ3) is 5.34. The molecule has 9 nitrogen and oxygen atoms in total. The second-order valence-corrected chi connectivity index (χ2v) is 6.53. The van der Waals surface area contributed by atoms with E-state index in [4.69, 9.17) is 9.15 Å². The molecule has 0 saturated carbocycles. The van der Waals surface area contributed by atoms with Crippen LogP contribution in [0.25, 0.3) is 11.1 Å². The number of hydrogen-bond acceptors (Lipinski definition) is 6. The fourth-order valence-corrected chi connectivity index (χ4v) is 2.77. The lowest BCUT2D eigenvalue weighted by atomic mass is 10.2. The Bertz CT molecular complexity index is 1100. The number of nitrogens with one attached hydrogen (secondary N) is 2. The molecule has 9 heteroatoms. The fraction of sp³-hybridized carbons (Fsp3) is 0.238. The molecule has 0 aliphatic rings. The first-order chi connectivity index (χ1) is 14.4. The summed E-state index contributed by atoms with van der Waals surface area (Å²) in [6.07, 6.45) is -1.31. The summed E-state index contributed by atoms with van der Waals surface area (Å²) < 4.78 is 11.5. The molecule has 156 valence electrons. The second kappa shape index (κ2) is 9.55. The molecule has 0 fully saturated rings. The predicted octanol–water partition coefficient (Wildman–Crippen LogP) is 1.94.